The zero-order chi connectivity index (χ0) is 18.1. The molecule has 0 aliphatic carbocycles. The zero-order valence-corrected chi connectivity index (χ0v) is 15.5. The van der Waals surface area contributed by atoms with Crippen LogP contribution in [-0.2, 0) is 11.2 Å². The molecular formula is C19H21FN4OS. The Labute approximate surface area is 155 Å². The molecule has 0 radical (unpaired) electrons. The fourth-order valence-electron chi connectivity index (χ4n) is 3.60. The number of aromatic amines is 1. The lowest BCUT2D eigenvalue weighted by molar-refractivity contribution is -0.135. The van der Waals surface area contributed by atoms with E-state index in [-0.39, 0.29) is 17.8 Å². The molecule has 0 bridgehead atoms. The average Bonchev–Trinajstić information content (AvgIpc) is 3.25. The topological polar surface area (TPSA) is 61.9 Å². The molecule has 4 rings (SSSR count). The molecule has 7 heteroatoms. The Hall–Kier alpha value is -2.28. The van der Waals surface area contributed by atoms with Crippen LogP contribution in [0.5, 0.6) is 0 Å². The lowest BCUT2D eigenvalue weighted by Gasteiger charge is -2.34. The number of H-pyrrole nitrogens is 1. The largest absolute Gasteiger partial charge is 0.340 e. The van der Waals surface area contributed by atoms with Crippen LogP contribution in [0.25, 0.3) is 11.0 Å². The van der Waals surface area contributed by atoms with E-state index in [1.807, 2.05) is 17.3 Å². The highest BCUT2D eigenvalue weighted by Gasteiger charge is 2.30. The minimum atomic E-state index is -0.288. The maximum Gasteiger partial charge on any atom is 0.223 e. The number of nitrogens with zero attached hydrogens (tertiary/aromatic N) is 3. The number of aryl methyl sites for hydroxylation is 2. The Morgan fingerprint density at radius 3 is 3.12 bits per heavy atom. The third-order valence-electron chi connectivity index (χ3n) is 5.01. The Kier molecular flexibility index (Phi) is 4.72. The first kappa shape index (κ1) is 17.1. The number of hydrogen-bond acceptors (Lipinski definition) is 4. The zero-order valence-electron chi connectivity index (χ0n) is 14.7. The summed E-state index contributed by atoms with van der Waals surface area (Å²) in [5, 5.41) is 0. The van der Waals surface area contributed by atoms with Crippen molar-refractivity contribution in [3.05, 3.63) is 45.9 Å². The molecule has 1 amide bonds. The van der Waals surface area contributed by atoms with Gasteiger partial charge in [-0.2, -0.15) is 0 Å². The number of aromatic nitrogens is 3. The number of piperidine rings is 1. The van der Waals surface area contributed by atoms with Crippen molar-refractivity contribution in [3.8, 4) is 0 Å². The monoisotopic (exact) mass is 372 g/mol. The van der Waals surface area contributed by atoms with Crippen molar-refractivity contribution in [2.45, 2.75) is 45.1 Å². The van der Waals surface area contributed by atoms with Gasteiger partial charge in [-0.15, -0.1) is 11.3 Å². The molecule has 26 heavy (non-hydrogen) atoms. The standard InChI is InChI=1S/C19H21FN4OS/c1-12-17(26-11-21-12)7-8-18(25)24-9-3-2-4-16(24)19-22-14-6-5-13(20)10-15(14)23-19/h5-6,10-11,16H,2-4,7-9H2,1H3,(H,22,23)/t16-/m0/s1. The van der Waals surface area contributed by atoms with Gasteiger partial charge in [-0.3, -0.25) is 4.79 Å². The first-order valence-electron chi connectivity index (χ1n) is 8.95. The number of carbonyl (C=O) groups excluding carboxylic acids is 1. The minimum absolute atomic E-state index is 0.0609. The molecule has 1 atom stereocenters. The Morgan fingerprint density at radius 1 is 1.42 bits per heavy atom. The van der Waals surface area contributed by atoms with Crippen molar-refractivity contribution in [2.24, 2.45) is 0 Å². The molecule has 136 valence electrons. The van der Waals surface area contributed by atoms with Crippen molar-refractivity contribution in [3.63, 3.8) is 0 Å². The Balaban J connectivity index is 1.53. The maximum atomic E-state index is 13.4. The number of amides is 1. The molecule has 1 N–H and O–H groups in total. The first-order valence-corrected chi connectivity index (χ1v) is 9.83. The van der Waals surface area contributed by atoms with Crippen LogP contribution in [0.1, 0.15) is 48.1 Å². The van der Waals surface area contributed by atoms with Gasteiger partial charge in [-0.1, -0.05) is 0 Å². The van der Waals surface area contributed by atoms with Gasteiger partial charge in [-0.05, 0) is 50.8 Å². The third-order valence-corrected chi connectivity index (χ3v) is 6.01. The van der Waals surface area contributed by atoms with Gasteiger partial charge in [0.15, 0.2) is 0 Å². The average molecular weight is 372 g/mol. The van der Waals surface area contributed by atoms with Gasteiger partial charge in [0.25, 0.3) is 0 Å². The third kappa shape index (κ3) is 3.35. The molecule has 3 heterocycles. The highest BCUT2D eigenvalue weighted by molar-refractivity contribution is 7.09. The van der Waals surface area contributed by atoms with Crippen LogP contribution in [0.2, 0.25) is 0 Å². The van der Waals surface area contributed by atoms with Crippen molar-refractivity contribution in [1.82, 2.24) is 19.9 Å². The summed E-state index contributed by atoms with van der Waals surface area (Å²) in [5.74, 6) is 0.617. The predicted molar refractivity (Wildman–Crippen MR) is 99.5 cm³/mol. The molecule has 5 nitrogen and oxygen atoms in total. The summed E-state index contributed by atoms with van der Waals surface area (Å²) in [6, 6.07) is 4.47. The highest BCUT2D eigenvalue weighted by atomic mass is 32.1. The van der Waals surface area contributed by atoms with Crippen molar-refractivity contribution in [2.75, 3.05) is 6.54 Å². The van der Waals surface area contributed by atoms with Gasteiger partial charge in [0, 0.05) is 17.8 Å². The lowest BCUT2D eigenvalue weighted by Crippen LogP contribution is -2.39. The van der Waals surface area contributed by atoms with Gasteiger partial charge in [0.2, 0.25) is 5.91 Å². The molecule has 1 aromatic carbocycles. The van der Waals surface area contributed by atoms with Crippen LogP contribution in [-0.4, -0.2) is 32.3 Å². The number of carbonyl (C=O) groups is 1. The number of likely N-dealkylation sites (tertiary alicyclic amines) is 1. The molecule has 3 aromatic rings. The van der Waals surface area contributed by atoms with Gasteiger partial charge in [0.05, 0.1) is 28.3 Å². The molecule has 1 saturated heterocycles. The number of hydrogen-bond donors (Lipinski definition) is 1. The summed E-state index contributed by atoms with van der Waals surface area (Å²) in [6.07, 6.45) is 4.16. The summed E-state index contributed by atoms with van der Waals surface area (Å²) in [7, 11) is 0. The number of nitrogens with one attached hydrogen (secondary N) is 1. The number of imidazole rings is 1. The van der Waals surface area contributed by atoms with E-state index in [9.17, 15) is 9.18 Å². The van der Waals surface area contributed by atoms with Gasteiger partial charge in [0.1, 0.15) is 11.6 Å². The number of rotatable bonds is 4. The molecule has 1 aliphatic heterocycles. The SMILES string of the molecule is Cc1ncsc1CCC(=O)N1CCCC[C@H]1c1nc2ccc(F)cc2[nH]1. The van der Waals surface area contributed by atoms with Crippen molar-refractivity contribution in [1.29, 1.82) is 0 Å². The van der Waals surface area contributed by atoms with E-state index in [0.717, 1.165) is 49.3 Å². The number of benzene rings is 1. The molecule has 0 unspecified atom stereocenters. The predicted octanol–water partition coefficient (Wildman–Crippen LogP) is 4.15. The van der Waals surface area contributed by atoms with Gasteiger partial charge >= 0.3 is 0 Å². The quantitative estimate of drug-likeness (QED) is 0.748. The lowest BCUT2D eigenvalue weighted by atomic mass is 10.0. The number of fused-ring (bicyclic) bond motifs is 1. The highest BCUT2D eigenvalue weighted by Crippen LogP contribution is 2.31. The van der Waals surface area contributed by atoms with E-state index in [1.165, 1.54) is 17.0 Å². The Bertz CT molecular complexity index is 935. The van der Waals surface area contributed by atoms with Crippen LogP contribution in [0.4, 0.5) is 4.39 Å². The summed E-state index contributed by atoms with van der Waals surface area (Å²) in [4.78, 5) is 28.1. The van der Waals surface area contributed by atoms with Crippen LogP contribution >= 0.6 is 11.3 Å². The van der Waals surface area contributed by atoms with E-state index in [1.54, 1.807) is 17.4 Å². The van der Waals surface area contributed by atoms with Crippen molar-refractivity contribution < 1.29 is 9.18 Å². The second kappa shape index (κ2) is 7.15. The molecular weight excluding hydrogens is 351 g/mol. The van der Waals surface area contributed by atoms with Crippen LogP contribution < -0.4 is 0 Å². The maximum absolute atomic E-state index is 13.4. The first-order chi connectivity index (χ1) is 12.6. The van der Waals surface area contributed by atoms with E-state index < -0.39 is 0 Å². The van der Waals surface area contributed by atoms with E-state index in [0.29, 0.717) is 11.9 Å². The van der Waals surface area contributed by atoms with Crippen LogP contribution in [0.3, 0.4) is 0 Å². The molecule has 1 aliphatic rings. The second-order valence-electron chi connectivity index (χ2n) is 6.74. The summed E-state index contributed by atoms with van der Waals surface area (Å²) >= 11 is 1.60. The molecule has 0 spiro atoms. The van der Waals surface area contributed by atoms with Crippen LogP contribution in [0.15, 0.2) is 23.7 Å². The fourth-order valence-corrected chi connectivity index (χ4v) is 4.39. The molecule has 1 fully saturated rings. The van der Waals surface area contributed by atoms with Gasteiger partial charge < -0.3 is 9.88 Å². The second-order valence-corrected chi connectivity index (χ2v) is 7.68. The molecule has 2 aromatic heterocycles. The summed E-state index contributed by atoms with van der Waals surface area (Å²) in [5.41, 5.74) is 4.25. The number of halogens is 1. The number of thiazole rings is 1. The van der Waals surface area contributed by atoms with Crippen molar-refractivity contribution >= 4 is 28.3 Å². The van der Waals surface area contributed by atoms with E-state index in [4.69, 9.17) is 0 Å². The minimum Gasteiger partial charge on any atom is -0.340 e. The normalized spacial score (nSPS) is 17.8. The molecule has 0 saturated carbocycles. The van der Waals surface area contributed by atoms with Crippen LogP contribution in [0, 0.1) is 12.7 Å². The van der Waals surface area contributed by atoms with E-state index in [2.05, 4.69) is 15.0 Å². The van der Waals surface area contributed by atoms with E-state index >= 15 is 0 Å². The summed E-state index contributed by atoms with van der Waals surface area (Å²) in [6.45, 7) is 2.73. The Morgan fingerprint density at radius 2 is 2.31 bits per heavy atom. The fraction of sp³-hybridized carbons (Fsp3) is 0.421. The van der Waals surface area contributed by atoms with Gasteiger partial charge in [-0.25, -0.2) is 14.4 Å². The summed E-state index contributed by atoms with van der Waals surface area (Å²) < 4.78 is 13.4. The smallest absolute Gasteiger partial charge is 0.223 e.